The minimum Gasteiger partial charge on any atom is -0.460 e. The SMILES string of the molecule is Cc1c(N)c(C(=O)[C@H](Cc2ccccc2)NC(=O)OCc2ccccc2)cc2nc(NC(CCC(=O)OC(C)(C)C)C(=O)OC(C)(C)C)oc(=O)c12. The number of nitrogens with two attached hydrogens (primary N) is 1. The maximum Gasteiger partial charge on any atom is 0.408 e. The van der Waals surface area contributed by atoms with Crippen LogP contribution in [0.3, 0.4) is 0 Å². The number of ether oxygens (including phenoxy) is 3. The van der Waals surface area contributed by atoms with Gasteiger partial charge in [-0.1, -0.05) is 60.7 Å². The molecule has 3 aromatic carbocycles. The second kappa shape index (κ2) is 16.5. The molecule has 2 atom stereocenters. The molecule has 13 heteroatoms. The van der Waals surface area contributed by atoms with E-state index in [0.29, 0.717) is 0 Å². The first-order chi connectivity index (χ1) is 24.4. The largest absolute Gasteiger partial charge is 0.460 e. The number of nitrogens with zero attached hydrogens (tertiary/aromatic N) is 1. The molecule has 1 unspecified atom stereocenters. The lowest BCUT2D eigenvalue weighted by molar-refractivity contribution is -0.157. The Labute approximate surface area is 302 Å². The van der Waals surface area contributed by atoms with Gasteiger partial charge in [0.1, 0.15) is 23.9 Å². The van der Waals surface area contributed by atoms with Crippen LogP contribution in [0.15, 0.2) is 75.9 Å². The van der Waals surface area contributed by atoms with E-state index in [9.17, 15) is 24.0 Å². The maximum atomic E-state index is 14.2. The summed E-state index contributed by atoms with van der Waals surface area (Å²) in [5.74, 6) is -1.79. The van der Waals surface area contributed by atoms with E-state index in [1.807, 2.05) is 60.7 Å². The standard InChI is InChI=1S/C39H46N4O9/c1-23-31-28(42-36(50-35(31)47)41-27(34(46)52-39(5,6)7)18-19-30(44)51-38(2,3)4)21-26(32(23)40)33(45)29(20-24-14-10-8-11-15-24)43-37(48)49-22-25-16-12-9-13-17-25/h8-17,21,27,29H,18-20,22,40H2,1-7H3,(H,41,42)(H,43,48)/t27?,29-/m0/s1. The topological polar surface area (TPSA) is 189 Å². The van der Waals surface area contributed by atoms with Crippen LogP contribution in [0.4, 0.5) is 16.5 Å². The first kappa shape index (κ1) is 39.1. The third-order valence-electron chi connectivity index (χ3n) is 7.64. The summed E-state index contributed by atoms with van der Waals surface area (Å²) in [6, 6.07) is 16.9. The second-order valence-electron chi connectivity index (χ2n) is 14.3. The number of nitrogens with one attached hydrogen (secondary N) is 2. The van der Waals surface area contributed by atoms with Crippen LogP contribution in [0.25, 0.3) is 10.9 Å². The quantitative estimate of drug-likeness (QED) is 0.0631. The Morgan fingerprint density at radius 1 is 0.865 bits per heavy atom. The molecule has 0 radical (unpaired) electrons. The molecule has 276 valence electrons. The number of fused-ring (bicyclic) bond motifs is 1. The van der Waals surface area contributed by atoms with Gasteiger partial charge in [0, 0.05) is 24.1 Å². The van der Waals surface area contributed by atoms with Crippen molar-refractivity contribution in [1.29, 1.82) is 0 Å². The molecule has 4 aromatic rings. The molecule has 4 rings (SSSR count). The number of nitrogen functional groups attached to an aromatic ring is 1. The van der Waals surface area contributed by atoms with Gasteiger partial charge in [0.05, 0.1) is 16.9 Å². The van der Waals surface area contributed by atoms with Crippen molar-refractivity contribution in [2.45, 2.75) is 97.6 Å². The van der Waals surface area contributed by atoms with Crippen LogP contribution in [0.1, 0.15) is 81.4 Å². The number of amides is 1. The summed E-state index contributed by atoms with van der Waals surface area (Å²) in [5, 5.41) is 5.50. The first-order valence-corrected chi connectivity index (χ1v) is 16.9. The zero-order chi connectivity index (χ0) is 38.2. The second-order valence-corrected chi connectivity index (χ2v) is 14.3. The molecule has 1 aromatic heterocycles. The third kappa shape index (κ3) is 11.1. The van der Waals surface area contributed by atoms with Crippen molar-refractivity contribution < 1.29 is 37.8 Å². The predicted octanol–water partition coefficient (Wildman–Crippen LogP) is 6.04. The number of carbonyl (C=O) groups is 4. The molecule has 52 heavy (non-hydrogen) atoms. The Kier molecular flexibility index (Phi) is 12.4. The van der Waals surface area contributed by atoms with Crippen LogP contribution in [0.5, 0.6) is 0 Å². The number of rotatable bonds is 13. The molecule has 0 aliphatic heterocycles. The van der Waals surface area contributed by atoms with E-state index in [1.54, 1.807) is 48.5 Å². The molecule has 1 amide bonds. The Morgan fingerprint density at radius 3 is 2.06 bits per heavy atom. The number of aromatic nitrogens is 1. The number of Topliss-reactive ketones (excluding diaryl/α,β-unsaturated/α-hetero) is 1. The third-order valence-corrected chi connectivity index (χ3v) is 7.64. The summed E-state index contributed by atoms with van der Waals surface area (Å²) in [7, 11) is 0. The van der Waals surface area contributed by atoms with Gasteiger partial charge < -0.3 is 35.0 Å². The molecule has 0 bridgehead atoms. The molecule has 1 heterocycles. The van der Waals surface area contributed by atoms with Gasteiger partial charge >= 0.3 is 23.7 Å². The summed E-state index contributed by atoms with van der Waals surface area (Å²) < 4.78 is 21.8. The van der Waals surface area contributed by atoms with Gasteiger partial charge in [-0.25, -0.2) is 14.4 Å². The number of hydrogen-bond donors (Lipinski definition) is 3. The predicted molar refractivity (Wildman–Crippen MR) is 196 cm³/mol. The molecule has 0 fully saturated rings. The molecule has 0 spiro atoms. The van der Waals surface area contributed by atoms with Gasteiger partial charge in [-0.15, -0.1) is 0 Å². The number of ketones is 1. The number of anilines is 2. The highest BCUT2D eigenvalue weighted by atomic mass is 16.6. The average molecular weight is 715 g/mol. The first-order valence-electron chi connectivity index (χ1n) is 16.9. The summed E-state index contributed by atoms with van der Waals surface area (Å²) in [6.45, 7) is 11.8. The maximum absolute atomic E-state index is 14.2. The fourth-order valence-electron chi connectivity index (χ4n) is 5.28. The Hall–Kier alpha value is -5.72. The molecule has 0 aliphatic rings. The van der Waals surface area contributed by atoms with Crippen LogP contribution < -0.4 is 22.0 Å². The van der Waals surface area contributed by atoms with Crippen molar-refractivity contribution >= 4 is 46.4 Å². The number of alkyl carbamates (subject to hydrolysis) is 1. The zero-order valence-electron chi connectivity index (χ0n) is 30.5. The Morgan fingerprint density at radius 2 is 1.46 bits per heavy atom. The Balaban J connectivity index is 1.66. The van der Waals surface area contributed by atoms with Crippen LogP contribution in [-0.4, -0.2) is 52.1 Å². The fraction of sp³-hybridized carbons (Fsp3) is 0.385. The van der Waals surface area contributed by atoms with Crippen LogP contribution in [-0.2, 0) is 36.8 Å². The van der Waals surface area contributed by atoms with E-state index in [-0.39, 0.29) is 59.6 Å². The van der Waals surface area contributed by atoms with Gasteiger partial charge in [-0.2, -0.15) is 4.98 Å². The highest BCUT2D eigenvalue weighted by Gasteiger charge is 2.30. The van der Waals surface area contributed by atoms with E-state index in [1.165, 1.54) is 6.07 Å². The minimum absolute atomic E-state index is 0.00627. The number of benzene rings is 3. The minimum atomic E-state index is -1.16. The van der Waals surface area contributed by atoms with E-state index in [2.05, 4.69) is 15.6 Å². The van der Waals surface area contributed by atoms with Crippen molar-refractivity contribution in [2.24, 2.45) is 0 Å². The molecule has 0 aliphatic carbocycles. The fourth-order valence-corrected chi connectivity index (χ4v) is 5.28. The van der Waals surface area contributed by atoms with E-state index >= 15 is 0 Å². The monoisotopic (exact) mass is 714 g/mol. The van der Waals surface area contributed by atoms with Gasteiger partial charge in [-0.3, -0.25) is 9.59 Å². The average Bonchev–Trinajstić information content (AvgIpc) is 3.06. The van der Waals surface area contributed by atoms with Crippen LogP contribution >= 0.6 is 0 Å². The van der Waals surface area contributed by atoms with Crippen molar-refractivity contribution in [2.75, 3.05) is 11.1 Å². The van der Waals surface area contributed by atoms with Crippen molar-refractivity contribution in [3.05, 3.63) is 99.4 Å². The highest BCUT2D eigenvalue weighted by molar-refractivity contribution is 6.09. The normalized spacial score (nSPS) is 12.8. The van der Waals surface area contributed by atoms with Crippen molar-refractivity contribution in [1.82, 2.24) is 10.3 Å². The highest BCUT2D eigenvalue weighted by Crippen LogP contribution is 2.28. The molecule has 13 nitrogen and oxygen atoms in total. The van der Waals surface area contributed by atoms with Crippen molar-refractivity contribution in [3.63, 3.8) is 0 Å². The zero-order valence-corrected chi connectivity index (χ0v) is 30.5. The Bertz CT molecular complexity index is 1960. The lowest BCUT2D eigenvalue weighted by Crippen LogP contribution is -2.43. The molecular weight excluding hydrogens is 668 g/mol. The smallest absolute Gasteiger partial charge is 0.408 e. The number of carbonyl (C=O) groups excluding carboxylic acids is 4. The summed E-state index contributed by atoms with van der Waals surface area (Å²) >= 11 is 0. The summed E-state index contributed by atoms with van der Waals surface area (Å²) in [4.78, 5) is 70.6. The lowest BCUT2D eigenvalue weighted by Gasteiger charge is -2.25. The van der Waals surface area contributed by atoms with Gasteiger partial charge in [0.2, 0.25) is 0 Å². The number of esters is 2. The lowest BCUT2D eigenvalue weighted by atomic mass is 9.94. The number of aryl methyl sites for hydroxylation is 1. The number of hydrogen-bond acceptors (Lipinski definition) is 12. The molecule has 4 N–H and O–H groups in total. The van der Waals surface area contributed by atoms with Gasteiger partial charge in [0.25, 0.3) is 6.01 Å². The van der Waals surface area contributed by atoms with E-state index in [0.717, 1.165) is 11.1 Å². The van der Waals surface area contributed by atoms with Crippen LogP contribution in [0.2, 0.25) is 0 Å². The summed E-state index contributed by atoms with van der Waals surface area (Å²) in [6.07, 6.45) is -0.906. The van der Waals surface area contributed by atoms with Gasteiger partial charge in [0.15, 0.2) is 5.78 Å². The molecule has 0 saturated heterocycles. The van der Waals surface area contributed by atoms with Crippen LogP contribution in [0, 0.1) is 6.92 Å². The van der Waals surface area contributed by atoms with E-state index < -0.39 is 52.7 Å². The van der Waals surface area contributed by atoms with E-state index in [4.69, 9.17) is 24.4 Å². The van der Waals surface area contributed by atoms with Crippen molar-refractivity contribution in [3.8, 4) is 0 Å². The molecule has 0 saturated carbocycles. The summed E-state index contributed by atoms with van der Waals surface area (Å²) in [5.41, 5.74) is 5.88. The molecular formula is C39H46N4O9. The van der Waals surface area contributed by atoms with Gasteiger partial charge in [-0.05, 0) is 77.6 Å².